The van der Waals surface area contributed by atoms with Crippen LogP contribution in [0.15, 0.2) is 58.3 Å². The number of thioether (sulfide) groups is 1. The SMILES string of the molecule is O=C1CCSc2ccc(S(=O)(=O)N3CCN(c4ccccc4)CC3)cc2N1. The number of sulfonamides is 1. The number of carbonyl (C=O) groups excluding carboxylic acids is 1. The maximum atomic E-state index is 13.1. The van der Waals surface area contributed by atoms with E-state index in [0.29, 0.717) is 44.0 Å². The molecule has 0 aliphatic carbocycles. The summed E-state index contributed by atoms with van der Waals surface area (Å²) in [5.41, 5.74) is 1.70. The highest BCUT2D eigenvalue weighted by Gasteiger charge is 2.29. The summed E-state index contributed by atoms with van der Waals surface area (Å²) in [5.74, 6) is 0.624. The van der Waals surface area contributed by atoms with Crippen molar-refractivity contribution in [2.24, 2.45) is 0 Å². The van der Waals surface area contributed by atoms with Crippen molar-refractivity contribution >= 4 is 39.1 Å². The van der Waals surface area contributed by atoms with Gasteiger partial charge in [0, 0.05) is 48.9 Å². The molecule has 0 spiro atoms. The van der Waals surface area contributed by atoms with Crippen LogP contribution in [-0.2, 0) is 14.8 Å². The van der Waals surface area contributed by atoms with Crippen LogP contribution < -0.4 is 10.2 Å². The van der Waals surface area contributed by atoms with Crippen LogP contribution in [0.3, 0.4) is 0 Å². The van der Waals surface area contributed by atoms with Crippen molar-refractivity contribution < 1.29 is 13.2 Å². The molecule has 2 aliphatic rings. The predicted octanol–water partition coefficient (Wildman–Crippen LogP) is 2.63. The minimum absolute atomic E-state index is 0.0766. The number of piperazine rings is 1. The number of rotatable bonds is 3. The maximum absolute atomic E-state index is 13.1. The summed E-state index contributed by atoms with van der Waals surface area (Å²) in [6.07, 6.45) is 0.433. The van der Waals surface area contributed by atoms with Gasteiger partial charge in [0.1, 0.15) is 0 Å². The lowest BCUT2D eigenvalue weighted by molar-refractivity contribution is -0.115. The highest BCUT2D eigenvalue weighted by Crippen LogP contribution is 2.33. The van der Waals surface area contributed by atoms with E-state index in [1.54, 1.807) is 30.0 Å². The Morgan fingerprint density at radius 1 is 0.963 bits per heavy atom. The molecule has 2 aliphatic heterocycles. The van der Waals surface area contributed by atoms with E-state index in [1.807, 2.05) is 30.3 Å². The molecule has 0 radical (unpaired) electrons. The number of nitrogens with zero attached hydrogens (tertiary/aromatic N) is 2. The third-order valence-corrected chi connectivity index (χ3v) is 7.78. The number of hydrogen-bond donors (Lipinski definition) is 1. The van der Waals surface area contributed by atoms with E-state index in [4.69, 9.17) is 0 Å². The van der Waals surface area contributed by atoms with Gasteiger partial charge >= 0.3 is 0 Å². The first-order chi connectivity index (χ1) is 13.0. The molecule has 1 N–H and O–H groups in total. The van der Waals surface area contributed by atoms with E-state index in [2.05, 4.69) is 10.2 Å². The van der Waals surface area contributed by atoms with Crippen molar-refractivity contribution in [1.82, 2.24) is 4.31 Å². The number of fused-ring (bicyclic) bond motifs is 1. The summed E-state index contributed by atoms with van der Waals surface area (Å²) in [7, 11) is -3.58. The van der Waals surface area contributed by atoms with Crippen LogP contribution in [0.25, 0.3) is 0 Å². The molecule has 0 saturated carbocycles. The number of carbonyl (C=O) groups is 1. The van der Waals surface area contributed by atoms with Crippen molar-refractivity contribution in [2.75, 3.05) is 42.1 Å². The van der Waals surface area contributed by atoms with Crippen LogP contribution in [-0.4, -0.2) is 50.6 Å². The van der Waals surface area contributed by atoms with Crippen LogP contribution in [0.2, 0.25) is 0 Å². The molecule has 2 aromatic rings. The molecule has 6 nitrogen and oxygen atoms in total. The largest absolute Gasteiger partial charge is 0.369 e. The lowest BCUT2D eigenvalue weighted by atomic mass is 10.2. The van der Waals surface area contributed by atoms with E-state index in [0.717, 1.165) is 10.6 Å². The van der Waals surface area contributed by atoms with Crippen molar-refractivity contribution in [1.29, 1.82) is 0 Å². The Balaban J connectivity index is 1.52. The molecule has 2 heterocycles. The fourth-order valence-corrected chi connectivity index (χ4v) is 5.72. The number of para-hydroxylation sites is 1. The standard InChI is InChI=1S/C19H21N3O3S2/c23-19-8-13-26-18-7-6-16(14-17(18)20-19)27(24,25)22-11-9-21(10-12-22)15-4-2-1-3-5-15/h1-7,14H,8-13H2,(H,20,23). The minimum Gasteiger partial charge on any atom is -0.369 e. The van der Waals surface area contributed by atoms with Crippen molar-refractivity contribution in [2.45, 2.75) is 16.2 Å². The molecule has 0 bridgehead atoms. The predicted molar refractivity (Wildman–Crippen MR) is 108 cm³/mol. The Hall–Kier alpha value is -2.03. The molecule has 0 unspecified atom stereocenters. The summed E-state index contributed by atoms with van der Waals surface area (Å²) in [6.45, 7) is 2.19. The Labute approximate surface area is 163 Å². The van der Waals surface area contributed by atoms with Crippen LogP contribution in [0.5, 0.6) is 0 Å². The van der Waals surface area contributed by atoms with E-state index in [9.17, 15) is 13.2 Å². The van der Waals surface area contributed by atoms with Crippen LogP contribution in [0.4, 0.5) is 11.4 Å². The highest BCUT2D eigenvalue weighted by atomic mass is 32.2. The van der Waals surface area contributed by atoms with Gasteiger partial charge in [0.05, 0.1) is 10.6 Å². The first kappa shape index (κ1) is 18.3. The second-order valence-corrected chi connectivity index (χ2v) is 9.61. The first-order valence-electron chi connectivity index (χ1n) is 8.91. The molecule has 1 saturated heterocycles. The fraction of sp³-hybridized carbons (Fsp3) is 0.316. The molecular formula is C19H21N3O3S2. The summed E-state index contributed by atoms with van der Waals surface area (Å²) in [5, 5.41) is 2.82. The number of benzene rings is 2. The molecular weight excluding hydrogens is 382 g/mol. The molecule has 8 heteroatoms. The third-order valence-electron chi connectivity index (χ3n) is 4.81. The number of amides is 1. The lowest BCUT2D eigenvalue weighted by Crippen LogP contribution is -2.48. The van der Waals surface area contributed by atoms with Crippen molar-refractivity contribution in [3.63, 3.8) is 0 Å². The van der Waals surface area contributed by atoms with E-state index in [1.165, 1.54) is 4.31 Å². The van der Waals surface area contributed by atoms with E-state index < -0.39 is 10.0 Å². The molecule has 1 amide bonds. The van der Waals surface area contributed by atoms with Gasteiger partial charge in [-0.1, -0.05) is 18.2 Å². The van der Waals surface area contributed by atoms with Crippen molar-refractivity contribution in [3.8, 4) is 0 Å². The van der Waals surface area contributed by atoms with Gasteiger partial charge in [0.2, 0.25) is 15.9 Å². The summed E-state index contributed by atoms with van der Waals surface area (Å²) < 4.78 is 27.7. The average Bonchev–Trinajstić information content (AvgIpc) is 2.88. The highest BCUT2D eigenvalue weighted by molar-refractivity contribution is 7.99. The molecule has 0 aromatic heterocycles. The number of anilines is 2. The second kappa shape index (κ2) is 7.53. The zero-order chi connectivity index (χ0) is 18.9. The van der Waals surface area contributed by atoms with E-state index >= 15 is 0 Å². The first-order valence-corrected chi connectivity index (χ1v) is 11.3. The molecule has 1 fully saturated rings. The Morgan fingerprint density at radius 3 is 2.44 bits per heavy atom. The monoisotopic (exact) mass is 403 g/mol. The molecule has 142 valence electrons. The Morgan fingerprint density at radius 2 is 1.70 bits per heavy atom. The van der Waals surface area contributed by atoms with Gasteiger partial charge in [-0.05, 0) is 30.3 Å². The summed E-state index contributed by atoms with van der Waals surface area (Å²) in [4.78, 5) is 15.1. The van der Waals surface area contributed by atoms with Gasteiger partial charge in [-0.15, -0.1) is 11.8 Å². The average molecular weight is 404 g/mol. The van der Waals surface area contributed by atoms with Gasteiger partial charge in [0.15, 0.2) is 0 Å². The number of nitrogens with one attached hydrogen (secondary N) is 1. The molecule has 27 heavy (non-hydrogen) atoms. The van der Waals surface area contributed by atoms with Gasteiger partial charge in [-0.25, -0.2) is 8.42 Å². The zero-order valence-corrected chi connectivity index (χ0v) is 16.4. The Kier molecular flexibility index (Phi) is 5.12. The summed E-state index contributed by atoms with van der Waals surface area (Å²) >= 11 is 1.57. The topological polar surface area (TPSA) is 69.7 Å². The molecule has 0 atom stereocenters. The molecule has 2 aromatic carbocycles. The zero-order valence-electron chi connectivity index (χ0n) is 14.8. The number of hydrogen-bond acceptors (Lipinski definition) is 5. The van der Waals surface area contributed by atoms with Crippen LogP contribution in [0.1, 0.15) is 6.42 Å². The van der Waals surface area contributed by atoms with Gasteiger partial charge in [-0.3, -0.25) is 4.79 Å². The minimum atomic E-state index is -3.58. The smallest absolute Gasteiger partial charge is 0.243 e. The third kappa shape index (κ3) is 3.83. The fourth-order valence-electron chi connectivity index (χ4n) is 3.33. The quantitative estimate of drug-likeness (QED) is 0.853. The maximum Gasteiger partial charge on any atom is 0.243 e. The Bertz CT molecular complexity index is 940. The van der Waals surface area contributed by atoms with E-state index in [-0.39, 0.29) is 10.8 Å². The lowest BCUT2D eigenvalue weighted by Gasteiger charge is -2.35. The normalized spacial score (nSPS) is 18.5. The summed E-state index contributed by atoms with van der Waals surface area (Å²) in [6, 6.07) is 15.0. The second-order valence-electron chi connectivity index (χ2n) is 6.53. The van der Waals surface area contributed by atoms with Gasteiger partial charge in [-0.2, -0.15) is 4.31 Å². The molecule has 4 rings (SSSR count). The van der Waals surface area contributed by atoms with Crippen molar-refractivity contribution in [3.05, 3.63) is 48.5 Å². The van der Waals surface area contributed by atoms with Crippen LogP contribution >= 0.6 is 11.8 Å². The van der Waals surface area contributed by atoms with Gasteiger partial charge in [0.25, 0.3) is 0 Å². The van der Waals surface area contributed by atoms with Gasteiger partial charge < -0.3 is 10.2 Å². The van der Waals surface area contributed by atoms with Crippen LogP contribution in [0, 0.1) is 0 Å².